The maximum atomic E-state index is 11.5. The summed E-state index contributed by atoms with van der Waals surface area (Å²) in [4.78, 5) is 9.87. The minimum absolute atomic E-state index is 0.246. The van der Waals surface area contributed by atoms with Gasteiger partial charge in [0.05, 0.1) is 0 Å². The van der Waals surface area contributed by atoms with Crippen molar-refractivity contribution in [1.82, 2.24) is 0 Å². The molecule has 0 saturated heterocycles. The lowest BCUT2D eigenvalue weighted by molar-refractivity contribution is -0.133. The van der Waals surface area contributed by atoms with Gasteiger partial charge in [0.25, 0.3) is 0 Å². The minimum Gasteiger partial charge on any atom is -0.481 e. The van der Waals surface area contributed by atoms with E-state index < -0.39 is 35.4 Å². The fourth-order valence-electron chi connectivity index (χ4n) is 0.430. The van der Waals surface area contributed by atoms with E-state index in [0.29, 0.717) is 0 Å². The third-order valence-corrected chi connectivity index (χ3v) is 2.11. The van der Waals surface area contributed by atoms with Crippen LogP contribution in [-0.4, -0.2) is 33.2 Å². The molecule has 0 aliphatic carbocycles. The Labute approximate surface area is 64.9 Å². The summed E-state index contributed by atoms with van der Waals surface area (Å²) in [6, 6.07) is 0. The lowest BCUT2D eigenvalue weighted by Crippen LogP contribution is -2.13. The van der Waals surface area contributed by atoms with E-state index >= 15 is 0 Å². The maximum absolute atomic E-state index is 11.5. The summed E-state index contributed by atoms with van der Waals surface area (Å²) in [6.45, 7) is 0. The zero-order valence-corrected chi connectivity index (χ0v) is 6.44. The first kappa shape index (κ1) is 10.5. The van der Waals surface area contributed by atoms with Crippen LogP contribution in [0.1, 0.15) is 6.42 Å². The average molecular weight is 186 g/mol. The van der Waals surface area contributed by atoms with Crippen LogP contribution >= 0.6 is 0 Å². The van der Waals surface area contributed by atoms with Crippen LogP contribution < -0.4 is 0 Å². The van der Waals surface area contributed by atoms with Gasteiger partial charge in [0.15, 0.2) is 0 Å². The number of carboxylic acids is 1. The van der Waals surface area contributed by atoms with E-state index in [1.807, 2.05) is 0 Å². The van der Waals surface area contributed by atoms with Gasteiger partial charge in [-0.25, -0.2) is 8.78 Å². The van der Waals surface area contributed by atoms with Gasteiger partial charge >= 0.3 is 5.97 Å². The molecule has 0 rings (SSSR count). The molecular weight excluding hydrogens is 178 g/mol. The number of carbonyl (C=O) groups is 1. The molecule has 0 saturated carbocycles. The highest BCUT2D eigenvalue weighted by Gasteiger charge is 2.09. The van der Waals surface area contributed by atoms with E-state index in [-0.39, 0.29) is 5.75 Å². The zero-order chi connectivity index (χ0) is 8.85. The number of hydrogen-bond donors (Lipinski definition) is 1. The van der Waals surface area contributed by atoms with Crippen LogP contribution in [0.2, 0.25) is 0 Å². The number of hydrogen-bond acceptors (Lipinski definition) is 2. The van der Waals surface area contributed by atoms with E-state index in [1.165, 1.54) is 0 Å². The van der Waals surface area contributed by atoms with Crippen molar-refractivity contribution in [3.05, 3.63) is 0 Å². The number of aliphatic carboxylic acids is 1. The summed E-state index contributed by atoms with van der Waals surface area (Å²) in [6.07, 6.45) is -3.01. The van der Waals surface area contributed by atoms with Gasteiger partial charge in [-0.15, -0.1) is 0 Å². The highest BCUT2D eigenvalue weighted by molar-refractivity contribution is 7.85. The molecule has 0 fully saturated rings. The second kappa shape index (κ2) is 5.17. The van der Waals surface area contributed by atoms with Crippen LogP contribution in [0.15, 0.2) is 0 Å². The van der Waals surface area contributed by atoms with Crippen LogP contribution in [0.4, 0.5) is 8.78 Å². The molecule has 0 heterocycles. The number of carboxylic acid groups (broad SMARTS) is 1. The van der Waals surface area contributed by atoms with Gasteiger partial charge in [0.1, 0.15) is 5.75 Å². The quantitative estimate of drug-likeness (QED) is 0.679. The van der Waals surface area contributed by atoms with Crippen molar-refractivity contribution in [3.63, 3.8) is 0 Å². The molecule has 3 nitrogen and oxygen atoms in total. The molecule has 66 valence electrons. The summed E-state index contributed by atoms with van der Waals surface area (Å²) in [5, 5.41) is 8.07. The second-order valence-electron chi connectivity index (χ2n) is 1.86. The van der Waals surface area contributed by atoms with Crippen molar-refractivity contribution in [2.24, 2.45) is 0 Å². The second-order valence-corrected chi connectivity index (χ2v) is 3.44. The molecular formula is C5H8F2O3S. The van der Waals surface area contributed by atoms with Crippen molar-refractivity contribution >= 4 is 16.8 Å². The van der Waals surface area contributed by atoms with Gasteiger partial charge in [-0.3, -0.25) is 9.00 Å². The fourth-order valence-corrected chi connectivity index (χ4v) is 1.29. The number of alkyl halides is 2. The molecule has 0 aromatic rings. The van der Waals surface area contributed by atoms with Crippen LogP contribution in [-0.2, 0) is 15.6 Å². The van der Waals surface area contributed by atoms with E-state index in [1.54, 1.807) is 0 Å². The Morgan fingerprint density at radius 3 is 2.45 bits per heavy atom. The lowest BCUT2D eigenvalue weighted by Gasteiger charge is -1.97. The third kappa shape index (κ3) is 7.38. The molecule has 0 amide bonds. The Kier molecular flexibility index (Phi) is 4.93. The average Bonchev–Trinajstić information content (AvgIpc) is 1.82. The first-order valence-electron chi connectivity index (χ1n) is 2.87. The highest BCUT2D eigenvalue weighted by atomic mass is 32.2. The largest absolute Gasteiger partial charge is 0.481 e. The normalized spacial score (nSPS) is 13.4. The topological polar surface area (TPSA) is 54.4 Å². The Morgan fingerprint density at radius 1 is 1.55 bits per heavy atom. The van der Waals surface area contributed by atoms with Gasteiger partial charge in [-0.05, 0) is 0 Å². The van der Waals surface area contributed by atoms with E-state index in [4.69, 9.17) is 5.11 Å². The van der Waals surface area contributed by atoms with Crippen LogP contribution in [0.3, 0.4) is 0 Å². The van der Waals surface area contributed by atoms with Crippen molar-refractivity contribution in [1.29, 1.82) is 0 Å². The maximum Gasteiger partial charge on any atom is 0.316 e. The SMILES string of the molecule is O=C(O)CS(=O)CCC(F)F. The van der Waals surface area contributed by atoms with Gasteiger partial charge in [-0.1, -0.05) is 0 Å². The van der Waals surface area contributed by atoms with E-state index in [0.717, 1.165) is 0 Å². The van der Waals surface area contributed by atoms with Crippen molar-refractivity contribution in [3.8, 4) is 0 Å². The molecule has 11 heavy (non-hydrogen) atoms. The summed E-state index contributed by atoms with van der Waals surface area (Å²) < 4.78 is 33.5. The monoisotopic (exact) mass is 186 g/mol. The smallest absolute Gasteiger partial charge is 0.316 e. The molecule has 0 bridgehead atoms. The molecule has 0 aromatic carbocycles. The summed E-state index contributed by atoms with van der Waals surface area (Å²) in [5.74, 6) is -2.02. The predicted octanol–water partition coefficient (Wildman–Crippen LogP) is 0.475. The predicted molar refractivity (Wildman–Crippen MR) is 36.1 cm³/mol. The van der Waals surface area contributed by atoms with Crippen molar-refractivity contribution in [2.75, 3.05) is 11.5 Å². The number of rotatable bonds is 5. The van der Waals surface area contributed by atoms with Crippen LogP contribution in [0, 0.1) is 0 Å². The van der Waals surface area contributed by atoms with Crippen LogP contribution in [0.25, 0.3) is 0 Å². The molecule has 0 radical (unpaired) electrons. The Hall–Kier alpha value is -0.520. The Bertz CT molecular complexity index is 160. The molecule has 0 spiro atoms. The molecule has 6 heteroatoms. The van der Waals surface area contributed by atoms with Gasteiger partial charge < -0.3 is 5.11 Å². The Balaban J connectivity index is 3.46. The van der Waals surface area contributed by atoms with E-state index in [9.17, 15) is 17.8 Å². The first-order valence-corrected chi connectivity index (χ1v) is 4.36. The van der Waals surface area contributed by atoms with Gasteiger partial charge in [-0.2, -0.15) is 0 Å². The molecule has 1 N–H and O–H groups in total. The Morgan fingerprint density at radius 2 is 2.09 bits per heavy atom. The van der Waals surface area contributed by atoms with E-state index in [2.05, 4.69) is 0 Å². The molecule has 0 aliphatic rings. The summed E-state index contributed by atoms with van der Waals surface area (Å²) in [7, 11) is -1.65. The molecule has 1 atom stereocenters. The van der Waals surface area contributed by atoms with Crippen molar-refractivity contribution < 1.29 is 22.9 Å². The molecule has 1 unspecified atom stereocenters. The minimum atomic E-state index is -2.51. The molecule has 0 aliphatic heterocycles. The summed E-state index contributed by atoms with van der Waals surface area (Å²) >= 11 is 0. The highest BCUT2D eigenvalue weighted by Crippen LogP contribution is 2.00. The van der Waals surface area contributed by atoms with Gasteiger partial charge in [0, 0.05) is 23.0 Å². The number of halogens is 2. The first-order chi connectivity index (χ1) is 5.02. The molecule has 0 aromatic heterocycles. The van der Waals surface area contributed by atoms with Gasteiger partial charge in [0.2, 0.25) is 6.43 Å². The van der Waals surface area contributed by atoms with Crippen LogP contribution in [0.5, 0.6) is 0 Å². The third-order valence-electron chi connectivity index (χ3n) is 0.848. The fraction of sp³-hybridized carbons (Fsp3) is 0.800. The van der Waals surface area contributed by atoms with Crippen molar-refractivity contribution in [2.45, 2.75) is 12.8 Å². The zero-order valence-electron chi connectivity index (χ0n) is 5.63. The lowest BCUT2D eigenvalue weighted by atomic mass is 10.5. The summed E-state index contributed by atoms with van der Waals surface area (Å²) in [5.41, 5.74) is 0. The standard InChI is InChI=1S/C5H8F2O3S/c6-4(7)1-2-11(10)3-5(8)9/h4H,1-3H2,(H,8,9).